The summed E-state index contributed by atoms with van der Waals surface area (Å²) >= 11 is 0. The SMILES string of the molecule is C#CCNS(=O)(=O)c1ccc(C(=O)N2CCC(CN3CC(C)OC(C)C3)CC2)cc1. The highest BCUT2D eigenvalue weighted by molar-refractivity contribution is 7.89. The standard InChI is InChI=1S/C22H31N3O4S/c1-4-11-23-30(27,28)21-7-5-20(6-8-21)22(26)25-12-9-19(10-13-25)16-24-14-17(2)29-18(3)15-24/h1,5-8,17-19,23H,9-16H2,2-3H3. The van der Waals surface area contributed by atoms with Crippen LogP contribution in [0.3, 0.4) is 0 Å². The molecule has 8 heteroatoms. The van der Waals surface area contributed by atoms with Crippen LogP contribution in [-0.2, 0) is 14.8 Å². The Morgan fingerprint density at radius 1 is 1.17 bits per heavy atom. The first-order valence-corrected chi connectivity index (χ1v) is 12.0. The molecule has 1 N–H and O–H groups in total. The van der Waals surface area contributed by atoms with Crippen LogP contribution in [0.5, 0.6) is 0 Å². The number of nitrogens with one attached hydrogen (secondary N) is 1. The van der Waals surface area contributed by atoms with E-state index in [-0.39, 0.29) is 29.6 Å². The highest BCUT2D eigenvalue weighted by Crippen LogP contribution is 2.22. The summed E-state index contributed by atoms with van der Waals surface area (Å²) in [6, 6.07) is 6.02. The summed E-state index contributed by atoms with van der Waals surface area (Å²) in [6.07, 6.45) is 7.60. The monoisotopic (exact) mass is 433 g/mol. The van der Waals surface area contributed by atoms with Gasteiger partial charge in [-0.3, -0.25) is 9.69 Å². The number of hydrogen-bond donors (Lipinski definition) is 1. The third-order valence-corrected chi connectivity index (χ3v) is 7.11. The van der Waals surface area contributed by atoms with Crippen molar-refractivity contribution in [3.05, 3.63) is 29.8 Å². The Morgan fingerprint density at radius 2 is 1.77 bits per heavy atom. The van der Waals surface area contributed by atoms with Crippen molar-refractivity contribution in [3.63, 3.8) is 0 Å². The molecule has 2 fully saturated rings. The lowest BCUT2D eigenvalue weighted by Gasteiger charge is -2.39. The number of amides is 1. The summed E-state index contributed by atoms with van der Waals surface area (Å²) in [5.41, 5.74) is 0.500. The zero-order chi connectivity index (χ0) is 21.7. The smallest absolute Gasteiger partial charge is 0.253 e. The molecule has 0 radical (unpaired) electrons. The van der Waals surface area contributed by atoms with E-state index < -0.39 is 10.0 Å². The van der Waals surface area contributed by atoms with Gasteiger partial charge in [0.15, 0.2) is 0 Å². The van der Waals surface area contributed by atoms with Crippen LogP contribution in [0.25, 0.3) is 0 Å². The quantitative estimate of drug-likeness (QED) is 0.689. The number of sulfonamides is 1. The van der Waals surface area contributed by atoms with E-state index in [9.17, 15) is 13.2 Å². The second-order valence-electron chi connectivity index (χ2n) is 8.26. The maximum absolute atomic E-state index is 12.8. The molecule has 0 saturated carbocycles. The summed E-state index contributed by atoms with van der Waals surface area (Å²) in [5, 5.41) is 0. The number of ether oxygens (including phenoxy) is 1. The van der Waals surface area contributed by atoms with Gasteiger partial charge in [-0.25, -0.2) is 8.42 Å². The van der Waals surface area contributed by atoms with Gasteiger partial charge in [-0.1, -0.05) is 5.92 Å². The Bertz CT molecular complexity index is 861. The largest absolute Gasteiger partial charge is 0.373 e. The first-order valence-electron chi connectivity index (χ1n) is 10.5. The minimum Gasteiger partial charge on any atom is -0.373 e. The molecule has 2 aliphatic heterocycles. The molecule has 1 aromatic rings. The van der Waals surface area contributed by atoms with Crippen LogP contribution < -0.4 is 4.72 Å². The fourth-order valence-corrected chi connectivity index (χ4v) is 5.23. The fourth-order valence-electron chi connectivity index (χ4n) is 4.30. The average Bonchev–Trinajstić information content (AvgIpc) is 2.72. The van der Waals surface area contributed by atoms with Crippen molar-refractivity contribution in [1.29, 1.82) is 0 Å². The predicted molar refractivity (Wildman–Crippen MR) is 116 cm³/mol. The molecule has 30 heavy (non-hydrogen) atoms. The highest BCUT2D eigenvalue weighted by atomic mass is 32.2. The Kier molecular flexibility index (Phi) is 7.53. The first-order chi connectivity index (χ1) is 14.3. The van der Waals surface area contributed by atoms with Crippen molar-refractivity contribution in [2.75, 3.05) is 39.3 Å². The second-order valence-corrected chi connectivity index (χ2v) is 10.0. The van der Waals surface area contributed by atoms with Crippen LogP contribution in [0.15, 0.2) is 29.2 Å². The predicted octanol–water partition coefficient (Wildman–Crippen LogP) is 1.56. The molecule has 0 aromatic heterocycles. The molecule has 2 heterocycles. The van der Waals surface area contributed by atoms with E-state index in [2.05, 4.69) is 29.4 Å². The van der Waals surface area contributed by atoms with Gasteiger partial charge in [-0.05, 0) is 56.9 Å². The van der Waals surface area contributed by atoms with Crippen LogP contribution in [0.1, 0.15) is 37.0 Å². The highest BCUT2D eigenvalue weighted by Gasteiger charge is 2.28. The van der Waals surface area contributed by atoms with E-state index in [4.69, 9.17) is 11.2 Å². The number of rotatable bonds is 6. The summed E-state index contributed by atoms with van der Waals surface area (Å²) in [6.45, 7) is 8.60. The van der Waals surface area contributed by atoms with Gasteiger partial charge in [0.25, 0.3) is 5.91 Å². The normalized spacial score (nSPS) is 23.8. The van der Waals surface area contributed by atoms with Gasteiger partial charge in [-0.2, -0.15) is 4.72 Å². The number of terminal acetylenes is 1. The third-order valence-electron chi connectivity index (χ3n) is 5.69. The lowest BCUT2D eigenvalue weighted by Crippen LogP contribution is -2.48. The zero-order valence-corrected chi connectivity index (χ0v) is 18.5. The van der Waals surface area contributed by atoms with Gasteiger partial charge in [0.1, 0.15) is 0 Å². The molecule has 164 valence electrons. The molecule has 2 unspecified atom stereocenters. The summed E-state index contributed by atoms with van der Waals surface area (Å²) in [5.74, 6) is 2.77. The Morgan fingerprint density at radius 3 is 2.33 bits per heavy atom. The Balaban J connectivity index is 1.52. The van der Waals surface area contributed by atoms with Crippen LogP contribution in [0.2, 0.25) is 0 Å². The fraction of sp³-hybridized carbons (Fsp3) is 0.591. The van der Waals surface area contributed by atoms with Gasteiger partial charge >= 0.3 is 0 Å². The van der Waals surface area contributed by atoms with E-state index in [0.29, 0.717) is 11.5 Å². The Labute approximate surface area is 179 Å². The summed E-state index contributed by atoms with van der Waals surface area (Å²) in [7, 11) is -3.65. The maximum atomic E-state index is 12.8. The second kappa shape index (κ2) is 9.92. The number of likely N-dealkylation sites (tertiary alicyclic amines) is 1. The number of piperidine rings is 1. The van der Waals surface area contributed by atoms with Crippen molar-refractivity contribution < 1.29 is 17.9 Å². The van der Waals surface area contributed by atoms with Crippen molar-refractivity contribution >= 4 is 15.9 Å². The lowest BCUT2D eigenvalue weighted by atomic mass is 9.95. The van der Waals surface area contributed by atoms with Gasteiger partial charge in [-0.15, -0.1) is 6.42 Å². The van der Waals surface area contributed by atoms with Crippen LogP contribution in [0.4, 0.5) is 0 Å². The molecule has 2 aliphatic rings. The van der Waals surface area contributed by atoms with Crippen molar-refractivity contribution in [3.8, 4) is 12.3 Å². The van der Waals surface area contributed by atoms with E-state index in [1.165, 1.54) is 12.1 Å². The molecule has 7 nitrogen and oxygen atoms in total. The van der Waals surface area contributed by atoms with Gasteiger partial charge < -0.3 is 9.64 Å². The summed E-state index contributed by atoms with van der Waals surface area (Å²) in [4.78, 5) is 17.3. The number of nitrogens with zero attached hydrogens (tertiary/aromatic N) is 2. The average molecular weight is 434 g/mol. The number of benzene rings is 1. The lowest BCUT2D eigenvalue weighted by molar-refractivity contribution is -0.0728. The first kappa shape index (κ1) is 22.8. The minimum atomic E-state index is -3.65. The number of carbonyl (C=O) groups is 1. The number of morpholine rings is 1. The molecular formula is C22H31N3O4S. The maximum Gasteiger partial charge on any atom is 0.253 e. The minimum absolute atomic E-state index is 0.0531. The third kappa shape index (κ3) is 5.82. The zero-order valence-electron chi connectivity index (χ0n) is 17.7. The van der Waals surface area contributed by atoms with Crippen molar-refractivity contribution in [2.45, 2.75) is 43.8 Å². The molecule has 1 amide bonds. The van der Waals surface area contributed by atoms with Gasteiger partial charge in [0.05, 0.1) is 23.6 Å². The molecule has 3 rings (SSSR count). The molecule has 0 spiro atoms. The van der Waals surface area contributed by atoms with Crippen molar-refractivity contribution in [2.24, 2.45) is 5.92 Å². The van der Waals surface area contributed by atoms with Crippen LogP contribution in [0, 0.1) is 18.3 Å². The van der Waals surface area contributed by atoms with E-state index >= 15 is 0 Å². The van der Waals surface area contributed by atoms with Crippen LogP contribution in [-0.4, -0.2) is 75.6 Å². The van der Waals surface area contributed by atoms with E-state index in [1.807, 2.05) is 4.90 Å². The number of hydrogen-bond acceptors (Lipinski definition) is 5. The van der Waals surface area contributed by atoms with Crippen LogP contribution >= 0.6 is 0 Å². The number of carbonyl (C=O) groups excluding carboxylic acids is 1. The molecule has 1 aromatic carbocycles. The Hall–Kier alpha value is -1.92. The molecule has 2 saturated heterocycles. The van der Waals surface area contributed by atoms with E-state index in [0.717, 1.165) is 45.6 Å². The molecule has 2 atom stereocenters. The topological polar surface area (TPSA) is 79.0 Å². The molecular weight excluding hydrogens is 402 g/mol. The van der Waals surface area contributed by atoms with E-state index in [1.54, 1.807) is 12.1 Å². The summed E-state index contributed by atoms with van der Waals surface area (Å²) < 4.78 is 32.3. The van der Waals surface area contributed by atoms with Gasteiger partial charge in [0, 0.05) is 38.3 Å². The van der Waals surface area contributed by atoms with Gasteiger partial charge in [0.2, 0.25) is 10.0 Å². The van der Waals surface area contributed by atoms with Crippen molar-refractivity contribution in [1.82, 2.24) is 14.5 Å². The molecule has 0 bridgehead atoms. The molecule has 0 aliphatic carbocycles.